The number of aryl methyl sites for hydroxylation is 4. The van der Waals surface area contributed by atoms with Crippen molar-refractivity contribution >= 4 is 64.2 Å². The van der Waals surface area contributed by atoms with Gasteiger partial charge in [0.05, 0.1) is 0 Å². The van der Waals surface area contributed by atoms with E-state index in [-0.39, 0.29) is 5.92 Å². The molecular weight excluding hydrogens is 868 g/mol. The topological polar surface area (TPSA) is 0 Å². The van der Waals surface area contributed by atoms with Crippen molar-refractivity contribution in [2.24, 2.45) is 0 Å². The molecule has 0 fully saturated rings. The first-order valence-corrected chi connectivity index (χ1v) is 22.7. The number of hydrogen-bond donors (Lipinski definition) is 0. The Kier molecular flexibility index (Phi) is 8.27. The minimum Gasteiger partial charge on any atom is -0.0616 e. The van der Waals surface area contributed by atoms with Gasteiger partial charge >= 0.3 is 0 Å². The van der Waals surface area contributed by atoms with Gasteiger partial charge in [0.15, 0.2) is 0 Å². The molecule has 12 rings (SSSR count). The van der Waals surface area contributed by atoms with Gasteiger partial charge in [-0.05, 0) is 180 Å². The molecule has 290 valence electrons. The van der Waals surface area contributed by atoms with E-state index in [1.54, 1.807) is 0 Å². The first-order chi connectivity index (χ1) is 29.7. The third kappa shape index (κ3) is 5.69. The molecule has 0 nitrogen and oxygen atoms in total. The number of benzene rings is 10. The van der Waals surface area contributed by atoms with Crippen LogP contribution in [0.4, 0.5) is 0 Å². The summed E-state index contributed by atoms with van der Waals surface area (Å²) in [6, 6.07) is 62.6. The highest BCUT2D eigenvalue weighted by Crippen LogP contribution is 2.60. The number of halogens is 2. The van der Waals surface area contributed by atoms with E-state index in [1.807, 2.05) is 0 Å². The van der Waals surface area contributed by atoms with Gasteiger partial charge in [-0.2, -0.15) is 0 Å². The second-order valence-corrected chi connectivity index (χ2v) is 19.2. The number of rotatable bonds is 4. The molecule has 2 heteroatoms. The van der Waals surface area contributed by atoms with Gasteiger partial charge in [-0.25, -0.2) is 0 Å². The van der Waals surface area contributed by atoms with Crippen LogP contribution >= 0.6 is 31.9 Å². The highest BCUT2D eigenvalue weighted by Gasteiger charge is 2.34. The maximum Gasteiger partial charge on any atom is 0.0353 e. The summed E-state index contributed by atoms with van der Waals surface area (Å²) in [5.41, 5.74) is 24.6. The van der Waals surface area contributed by atoms with Gasteiger partial charge in [0.1, 0.15) is 0 Å². The van der Waals surface area contributed by atoms with E-state index in [9.17, 15) is 0 Å². The SMILES string of the molecule is Cc1cc(C)cc(-c2c3c(c(-c4cc(C)cc(C)c4)c4cc(C5c6cc(Br)ccc6-c6ccc(Br)cc65)ccc24)-c2cccc4c(-c5ccc6ccccc6c5)ccc-3c24)c1. The summed E-state index contributed by atoms with van der Waals surface area (Å²) in [4.78, 5) is 0. The fourth-order valence-electron chi connectivity index (χ4n) is 11.1. The largest absolute Gasteiger partial charge is 0.0616 e. The first kappa shape index (κ1) is 36.8. The van der Waals surface area contributed by atoms with Crippen LogP contribution in [0.5, 0.6) is 0 Å². The summed E-state index contributed by atoms with van der Waals surface area (Å²) in [6.07, 6.45) is 0. The zero-order valence-electron chi connectivity index (χ0n) is 34.4. The summed E-state index contributed by atoms with van der Waals surface area (Å²) in [5, 5.41) is 7.72. The van der Waals surface area contributed by atoms with Gasteiger partial charge in [0.25, 0.3) is 0 Å². The van der Waals surface area contributed by atoms with E-state index in [0.29, 0.717) is 0 Å². The molecule has 0 aromatic heterocycles. The molecule has 0 atom stereocenters. The first-order valence-electron chi connectivity index (χ1n) is 21.1. The molecule has 2 aliphatic carbocycles. The fraction of sp³-hybridized carbons (Fsp3) is 0.0847. The molecular formula is C59H40Br2. The summed E-state index contributed by atoms with van der Waals surface area (Å²) >= 11 is 7.70. The predicted molar refractivity (Wildman–Crippen MR) is 267 cm³/mol. The molecule has 0 unspecified atom stereocenters. The summed E-state index contributed by atoms with van der Waals surface area (Å²) in [5.74, 6) is 0.0829. The van der Waals surface area contributed by atoms with Gasteiger partial charge in [-0.3, -0.25) is 0 Å². The van der Waals surface area contributed by atoms with Gasteiger partial charge in [-0.1, -0.05) is 182 Å². The predicted octanol–water partition coefficient (Wildman–Crippen LogP) is 17.7. The van der Waals surface area contributed by atoms with Gasteiger partial charge < -0.3 is 0 Å². The molecule has 2 aliphatic rings. The molecule has 0 N–H and O–H groups in total. The molecule has 0 amide bonds. The molecule has 0 heterocycles. The zero-order valence-corrected chi connectivity index (χ0v) is 37.6. The molecule has 0 radical (unpaired) electrons. The Bertz CT molecular complexity index is 3460. The second kappa shape index (κ2) is 13.7. The van der Waals surface area contributed by atoms with Crippen LogP contribution in [0.15, 0.2) is 173 Å². The van der Waals surface area contributed by atoms with Gasteiger partial charge in [-0.15, -0.1) is 0 Å². The third-order valence-electron chi connectivity index (χ3n) is 13.3. The van der Waals surface area contributed by atoms with E-state index >= 15 is 0 Å². The zero-order chi connectivity index (χ0) is 41.3. The van der Waals surface area contributed by atoms with Crippen molar-refractivity contribution in [3.8, 4) is 66.8 Å². The highest BCUT2D eigenvalue weighted by molar-refractivity contribution is 9.10. The lowest BCUT2D eigenvalue weighted by molar-refractivity contribution is 1.02. The van der Waals surface area contributed by atoms with Crippen LogP contribution in [-0.2, 0) is 0 Å². The van der Waals surface area contributed by atoms with Crippen molar-refractivity contribution in [2.75, 3.05) is 0 Å². The van der Waals surface area contributed by atoms with E-state index in [0.717, 1.165) is 8.95 Å². The van der Waals surface area contributed by atoms with Crippen LogP contribution in [0, 0.1) is 27.7 Å². The van der Waals surface area contributed by atoms with Crippen LogP contribution in [-0.4, -0.2) is 0 Å². The van der Waals surface area contributed by atoms with E-state index in [2.05, 4.69) is 223 Å². The van der Waals surface area contributed by atoms with Crippen LogP contribution in [0.25, 0.3) is 99.1 Å². The Hall–Kier alpha value is -6.06. The molecule has 61 heavy (non-hydrogen) atoms. The van der Waals surface area contributed by atoms with Crippen molar-refractivity contribution < 1.29 is 0 Å². The molecule has 0 saturated carbocycles. The van der Waals surface area contributed by atoms with E-state index in [4.69, 9.17) is 0 Å². The Labute approximate surface area is 373 Å². The minimum atomic E-state index is 0.0829. The normalized spacial score (nSPS) is 12.7. The maximum atomic E-state index is 3.85. The molecule has 10 aromatic rings. The van der Waals surface area contributed by atoms with E-state index in [1.165, 1.54) is 138 Å². The lowest BCUT2D eigenvalue weighted by Crippen LogP contribution is -2.01. The fourth-order valence-corrected chi connectivity index (χ4v) is 11.8. The Balaban J connectivity index is 1.22. The van der Waals surface area contributed by atoms with Crippen LogP contribution in [0.1, 0.15) is 44.9 Å². The highest BCUT2D eigenvalue weighted by atomic mass is 79.9. The second-order valence-electron chi connectivity index (χ2n) is 17.4. The van der Waals surface area contributed by atoms with Crippen molar-refractivity contribution in [1.29, 1.82) is 0 Å². The molecule has 10 aromatic carbocycles. The summed E-state index contributed by atoms with van der Waals surface area (Å²) < 4.78 is 2.20. The van der Waals surface area contributed by atoms with Crippen molar-refractivity contribution in [2.45, 2.75) is 33.6 Å². The third-order valence-corrected chi connectivity index (χ3v) is 14.3. The van der Waals surface area contributed by atoms with Crippen LogP contribution in [0.3, 0.4) is 0 Å². The molecule has 0 bridgehead atoms. The quantitative estimate of drug-likeness (QED) is 0.165. The van der Waals surface area contributed by atoms with E-state index < -0.39 is 0 Å². The standard InChI is InChI=1S/C59H40Br2/c1-32-22-33(2)25-40(24-32)55-48-17-14-39(54-52-30-42(60)15-18-45(52)46-19-16-43(61)31-53(46)54)29-51(48)56(41-26-34(3)23-35(4)27-41)58-49-11-7-10-47-44(20-21-50(57(47)49)59(55)58)38-13-12-36-8-5-6-9-37(36)28-38/h5-31,54H,1-4H3. The van der Waals surface area contributed by atoms with Crippen molar-refractivity contribution in [3.05, 3.63) is 212 Å². The molecule has 0 aliphatic heterocycles. The molecule has 0 saturated heterocycles. The summed E-state index contributed by atoms with van der Waals surface area (Å²) in [7, 11) is 0. The lowest BCUT2D eigenvalue weighted by Gasteiger charge is -2.23. The minimum absolute atomic E-state index is 0.0829. The smallest absolute Gasteiger partial charge is 0.0353 e. The van der Waals surface area contributed by atoms with Gasteiger partial charge in [0.2, 0.25) is 0 Å². The summed E-state index contributed by atoms with van der Waals surface area (Å²) in [6.45, 7) is 8.94. The van der Waals surface area contributed by atoms with Crippen LogP contribution in [0.2, 0.25) is 0 Å². The van der Waals surface area contributed by atoms with Crippen molar-refractivity contribution in [1.82, 2.24) is 0 Å². The number of fused-ring (bicyclic) bond motifs is 8. The Morgan fingerprint density at radius 3 is 1.54 bits per heavy atom. The number of hydrogen-bond acceptors (Lipinski definition) is 0. The molecule has 0 spiro atoms. The lowest BCUT2D eigenvalue weighted by atomic mass is 9.79. The van der Waals surface area contributed by atoms with Crippen molar-refractivity contribution in [3.63, 3.8) is 0 Å². The Morgan fingerprint density at radius 1 is 0.344 bits per heavy atom. The van der Waals surface area contributed by atoms with Gasteiger partial charge in [0, 0.05) is 14.9 Å². The Morgan fingerprint density at radius 2 is 0.902 bits per heavy atom. The average molecular weight is 909 g/mol. The average Bonchev–Trinajstić information content (AvgIpc) is 3.74. The van der Waals surface area contributed by atoms with Crippen LogP contribution < -0.4 is 0 Å². The monoisotopic (exact) mass is 906 g/mol. The maximum absolute atomic E-state index is 3.85.